The number of carbonyl (C=O) groups is 3. The van der Waals surface area contributed by atoms with Crippen LogP contribution in [0.1, 0.15) is 36.8 Å². The van der Waals surface area contributed by atoms with Gasteiger partial charge in [-0.05, 0) is 34.6 Å². The maximum atomic E-state index is 12.6. The average molecular weight is 503 g/mol. The summed E-state index contributed by atoms with van der Waals surface area (Å²) in [5.41, 5.74) is 4.25. The Labute approximate surface area is 204 Å². The standard InChI is InChI=1S/C25H30N2O7S/c1-16(13-23(28)29)14-26-24(30)22(11-12-35(2,32)33)27-25(31)34-15-21-19-9-5-3-7-17(19)18-8-4-6-10-20(18)21/h3-10,16,21-22H,11-15H2,1-2H3,(H,26,30)(H,27,31)(H,28,29). The quantitative estimate of drug-likeness (QED) is 0.429. The fourth-order valence-corrected chi connectivity index (χ4v) is 4.82. The highest BCUT2D eigenvalue weighted by Gasteiger charge is 2.30. The van der Waals surface area contributed by atoms with Crippen molar-refractivity contribution < 1.29 is 32.6 Å². The van der Waals surface area contributed by atoms with E-state index in [9.17, 15) is 22.8 Å². The van der Waals surface area contributed by atoms with E-state index in [4.69, 9.17) is 9.84 Å². The van der Waals surface area contributed by atoms with Gasteiger partial charge in [-0.2, -0.15) is 0 Å². The highest BCUT2D eigenvalue weighted by molar-refractivity contribution is 7.90. The number of ether oxygens (including phenoxy) is 1. The van der Waals surface area contributed by atoms with Gasteiger partial charge in [-0.15, -0.1) is 0 Å². The molecule has 2 unspecified atom stereocenters. The zero-order valence-corrected chi connectivity index (χ0v) is 20.5. The first-order chi connectivity index (χ1) is 16.5. The highest BCUT2D eigenvalue weighted by Crippen LogP contribution is 2.44. The van der Waals surface area contributed by atoms with Gasteiger partial charge in [0.25, 0.3) is 0 Å². The van der Waals surface area contributed by atoms with E-state index >= 15 is 0 Å². The van der Waals surface area contributed by atoms with E-state index in [-0.39, 0.29) is 43.6 Å². The van der Waals surface area contributed by atoms with E-state index < -0.39 is 33.8 Å². The van der Waals surface area contributed by atoms with E-state index in [1.165, 1.54) is 0 Å². The zero-order chi connectivity index (χ0) is 25.6. The summed E-state index contributed by atoms with van der Waals surface area (Å²) in [5, 5.41) is 13.9. The lowest BCUT2D eigenvalue weighted by Crippen LogP contribution is -2.48. The Morgan fingerprint density at radius 1 is 1.03 bits per heavy atom. The van der Waals surface area contributed by atoms with Crippen molar-refractivity contribution >= 4 is 27.8 Å². The molecule has 1 aliphatic carbocycles. The number of aliphatic carboxylic acids is 1. The largest absolute Gasteiger partial charge is 0.481 e. The molecule has 0 spiro atoms. The molecule has 188 valence electrons. The number of hydrogen-bond acceptors (Lipinski definition) is 6. The average Bonchev–Trinajstić information content (AvgIpc) is 3.11. The third-order valence-corrected chi connectivity index (χ3v) is 6.85. The van der Waals surface area contributed by atoms with Crippen molar-refractivity contribution in [3.63, 3.8) is 0 Å². The van der Waals surface area contributed by atoms with Gasteiger partial charge in [0.15, 0.2) is 0 Å². The van der Waals surface area contributed by atoms with Crippen LogP contribution < -0.4 is 10.6 Å². The van der Waals surface area contributed by atoms with Gasteiger partial charge in [0.2, 0.25) is 5.91 Å². The molecule has 2 atom stereocenters. The molecule has 35 heavy (non-hydrogen) atoms. The molecule has 2 aromatic carbocycles. The first-order valence-electron chi connectivity index (χ1n) is 11.3. The Morgan fingerprint density at radius 2 is 1.60 bits per heavy atom. The van der Waals surface area contributed by atoms with E-state index in [0.717, 1.165) is 28.5 Å². The second-order valence-electron chi connectivity index (χ2n) is 8.89. The number of alkyl carbamates (subject to hydrolysis) is 1. The van der Waals surface area contributed by atoms with Crippen LogP contribution in [0.4, 0.5) is 4.79 Å². The first-order valence-corrected chi connectivity index (χ1v) is 13.4. The van der Waals surface area contributed by atoms with Gasteiger partial charge in [0, 0.05) is 25.1 Å². The molecule has 0 aromatic heterocycles. The molecule has 2 amide bonds. The van der Waals surface area contributed by atoms with E-state index in [1.807, 2.05) is 48.5 Å². The van der Waals surface area contributed by atoms with Crippen LogP contribution in [0.15, 0.2) is 48.5 Å². The fraction of sp³-hybridized carbons (Fsp3) is 0.400. The summed E-state index contributed by atoms with van der Waals surface area (Å²) < 4.78 is 28.7. The fourth-order valence-electron chi connectivity index (χ4n) is 4.15. The second-order valence-corrected chi connectivity index (χ2v) is 11.1. The van der Waals surface area contributed by atoms with Crippen molar-refractivity contribution in [2.45, 2.75) is 31.7 Å². The smallest absolute Gasteiger partial charge is 0.407 e. The molecule has 0 heterocycles. The lowest BCUT2D eigenvalue weighted by atomic mass is 9.98. The van der Waals surface area contributed by atoms with Gasteiger partial charge in [-0.1, -0.05) is 55.5 Å². The maximum Gasteiger partial charge on any atom is 0.407 e. The number of amides is 2. The van der Waals surface area contributed by atoms with Crippen molar-refractivity contribution in [3.8, 4) is 11.1 Å². The molecular formula is C25H30N2O7S. The highest BCUT2D eigenvalue weighted by atomic mass is 32.2. The first kappa shape index (κ1) is 26.2. The topological polar surface area (TPSA) is 139 Å². The zero-order valence-electron chi connectivity index (χ0n) is 19.7. The Balaban J connectivity index is 1.64. The van der Waals surface area contributed by atoms with Crippen molar-refractivity contribution in [1.82, 2.24) is 10.6 Å². The van der Waals surface area contributed by atoms with Crippen molar-refractivity contribution in [2.24, 2.45) is 5.92 Å². The summed E-state index contributed by atoms with van der Waals surface area (Å²) in [6.45, 7) is 1.79. The minimum absolute atomic E-state index is 0.0515. The van der Waals surface area contributed by atoms with Crippen molar-refractivity contribution in [3.05, 3.63) is 59.7 Å². The van der Waals surface area contributed by atoms with Crippen LogP contribution in [0, 0.1) is 5.92 Å². The number of carbonyl (C=O) groups excluding carboxylic acids is 2. The van der Waals surface area contributed by atoms with Crippen LogP contribution in [0.5, 0.6) is 0 Å². The van der Waals surface area contributed by atoms with Gasteiger partial charge >= 0.3 is 12.1 Å². The van der Waals surface area contributed by atoms with Gasteiger partial charge in [-0.3, -0.25) is 9.59 Å². The maximum absolute atomic E-state index is 12.6. The molecule has 0 aliphatic heterocycles. The Hall–Kier alpha value is -3.40. The number of rotatable bonds is 11. The molecule has 10 heteroatoms. The minimum atomic E-state index is -3.38. The van der Waals surface area contributed by atoms with Crippen LogP contribution in [0.2, 0.25) is 0 Å². The third kappa shape index (κ3) is 7.29. The second kappa shape index (κ2) is 11.4. The van der Waals surface area contributed by atoms with Crippen LogP contribution in [0.25, 0.3) is 11.1 Å². The van der Waals surface area contributed by atoms with Crippen molar-refractivity contribution in [1.29, 1.82) is 0 Å². The summed E-state index contributed by atoms with van der Waals surface area (Å²) in [4.78, 5) is 36.1. The van der Waals surface area contributed by atoms with E-state index in [1.54, 1.807) is 6.92 Å². The normalized spacial score (nSPS) is 14.3. The van der Waals surface area contributed by atoms with Gasteiger partial charge < -0.3 is 20.5 Å². The SMILES string of the molecule is CC(CNC(=O)C(CCS(C)(=O)=O)NC(=O)OCC1c2ccccc2-c2ccccc21)CC(=O)O. The molecule has 2 aromatic rings. The monoisotopic (exact) mass is 502 g/mol. The van der Waals surface area contributed by atoms with Gasteiger partial charge in [0.1, 0.15) is 22.5 Å². The number of fused-ring (bicyclic) bond motifs is 3. The summed E-state index contributed by atoms with van der Waals surface area (Å²) >= 11 is 0. The molecule has 9 nitrogen and oxygen atoms in total. The number of hydrogen-bond donors (Lipinski definition) is 3. The molecule has 0 saturated heterocycles. The Morgan fingerprint density at radius 3 is 2.14 bits per heavy atom. The molecule has 0 bridgehead atoms. The predicted molar refractivity (Wildman–Crippen MR) is 131 cm³/mol. The number of benzene rings is 2. The number of sulfone groups is 1. The van der Waals surface area contributed by atoms with E-state index in [0.29, 0.717) is 0 Å². The Kier molecular flexibility index (Phi) is 8.50. The van der Waals surface area contributed by atoms with Crippen LogP contribution in [-0.4, -0.2) is 62.7 Å². The number of carboxylic acids is 1. The van der Waals surface area contributed by atoms with Crippen LogP contribution >= 0.6 is 0 Å². The summed E-state index contributed by atoms with van der Waals surface area (Å²) in [7, 11) is -3.38. The predicted octanol–water partition coefficient (Wildman–Crippen LogP) is 2.56. The lowest BCUT2D eigenvalue weighted by Gasteiger charge is -2.20. The lowest BCUT2D eigenvalue weighted by molar-refractivity contribution is -0.138. The molecule has 3 N–H and O–H groups in total. The van der Waals surface area contributed by atoms with Gasteiger partial charge in [-0.25, -0.2) is 13.2 Å². The molecule has 0 fully saturated rings. The summed E-state index contributed by atoms with van der Waals surface area (Å²) in [6.07, 6.45) is -0.0559. The van der Waals surface area contributed by atoms with Crippen molar-refractivity contribution in [2.75, 3.05) is 25.2 Å². The minimum Gasteiger partial charge on any atom is -0.481 e. The molecule has 0 saturated carbocycles. The third-order valence-electron chi connectivity index (χ3n) is 5.88. The molecular weight excluding hydrogens is 472 g/mol. The molecule has 0 radical (unpaired) electrons. The van der Waals surface area contributed by atoms with Crippen LogP contribution in [-0.2, 0) is 24.2 Å². The number of nitrogens with one attached hydrogen (secondary N) is 2. The van der Waals surface area contributed by atoms with Gasteiger partial charge in [0.05, 0.1) is 5.75 Å². The summed E-state index contributed by atoms with van der Waals surface area (Å²) in [5.74, 6) is -2.38. The molecule has 1 aliphatic rings. The van der Waals surface area contributed by atoms with E-state index in [2.05, 4.69) is 10.6 Å². The molecule has 3 rings (SSSR count). The summed E-state index contributed by atoms with van der Waals surface area (Å²) in [6, 6.07) is 14.6. The number of carboxylic acid groups (broad SMARTS) is 1. The Bertz CT molecular complexity index is 1150. The van der Waals surface area contributed by atoms with Crippen LogP contribution in [0.3, 0.4) is 0 Å².